The lowest BCUT2D eigenvalue weighted by Crippen LogP contribution is -2.30. The standard InChI is InChI=1S/C13H13NO3S2/c15-12(6-9-3-5-18-8-9)14-10(7-13(16)17)11-2-1-4-19-11/h1-5,8,10H,6-7H2,(H,14,15)(H,16,17). The molecule has 19 heavy (non-hydrogen) atoms. The molecule has 0 aromatic carbocycles. The number of carbonyl (C=O) groups is 2. The van der Waals surface area contributed by atoms with E-state index in [1.165, 1.54) is 22.7 Å². The van der Waals surface area contributed by atoms with Crippen LogP contribution in [0.3, 0.4) is 0 Å². The molecule has 0 spiro atoms. The van der Waals surface area contributed by atoms with Gasteiger partial charge < -0.3 is 10.4 Å². The third-order valence-corrected chi connectivity index (χ3v) is 4.26. The highest BCUT2D eigenvalue weighted by Gasteiger charge is 2.19. The van der Waals surface area contributed by atoms with Crippen LogP contribution in [0, 0.1) is 0 Å². The van der Waals surface area contributed by atoms with Crippen LogP contribution in [0.5, 0.6) is 0 Å². The summed E-state index contributed by atoms with van der Waals surface area (Å²) in [5.74, 6) is -1.08. The highest BCUT2D eigenvalue weighted by molar-refractivity contribution is 7.10. The summed E-state index contributed by atoms with van der Waals surface area (Å²) >= 11 is 2.98. The van der Waals surface area contributed by atoms with Crippen LogP contribution in [-0.2, 0) is 16.0 Å². The van der Waals surface area contributed by atoms with Crippen LogP contribution in [0.4, 0.5) is 0 Å². The maximum Gasteiger partial charge on any atom is 0.305 e. The van der Waals surface area contributed by atoms with E-state index in [1.807, 2.05) is 34.3 Å². The van der Waals surface area contributed by atoms with Gasteiger partial charge in [-0.05, 0) is 33.8 Å². The molecule has 0 saturated carbocycles. The highest BCUT2D eigenvalue weighted by atomic mass is 32.1. The minimum absolute atomic E-state index is 0.101. The van der Waals surface area contributed by atoms with Crippen molar-refractivity contribution in [3.8, 4) is 0 Å². The van der Waals surface area contributed by atoms with Crippen LogP contribution < -0.4 is 5.32 Å². The summed E-state index contributed by atoms with van der Waals surface area (Å²) in [6, 6.07) is 5.12. The minimum Gasteiger partial charge on any atom is -0.481 e. The molecule has 2 aromatic rings. The van der Waals surface area contributed by atoms with Gasteiger partial charge in [0.15, 0.2) is 0 Å². The molecule has 0 fully saturated rings. The lowest BCUT2D eigenvalue weighted by Gasteiger charge is -2.15. The van der Waals surface area contributed by atoms with E-state index in [-0.39, 0.29) is 18.7 Å². The Hall–Kier alpha value is -1.66. The highest BCUT2D eigenvalue weighted by Crippen LogP contribution is 2.22. The van der Waals surface area contributed by atoms with Gasteiger partial charge in [-0.3, -0.25) is 9.59 Å². The van der Waals surface area contributed by atoms with E-state index in [2.05, 4.69) is 5.32 Å². The zero-order valence-corrected chi connectivity index (χ0v) is 11.7. The van der Waals surface area contributed by atoms with Crippen LogP contribution in [0.25, 0.3) is 0 Å². The zero-order valence-electron chi connectivity index (χ0n) is 10.0. The number of rotatable bonds is 6. The summed E-state index contributed by atoms with van der Waals surface area (Å²) in [6.07, 6.45) is 0.181. The molecule has 4 nitrogen and oxygen atoms in total. The topological polar surface area (TPSA) is 66.4 Å². The second-order valence-corrected chi connectivity index (χ2v) is 5.80. The fourth-order valence-electron chi connectivity index (χ4n) is 1.71. The number of hydrogen-bond donors (Lipinski definition) is 2. The molecule has 6 heteroatoms. The Kier molecular flexibility index (Phi) is 4.70. The molecule has 0 bridgehead atoms. The van der Waals surface area contributed by atoms with Gasteiger partial charge in [-0.1, -0.05) is 6.07 Å². The lowest BCUT2D eigenvalue weighted by molar-refractivity contribution is -0.137. The summed E-state index contributed by atoms with van der Waals surface area (Å²) in [5, 5.41) is 17.4. The van der Waals surface area contributed by atoms with Crippen molar-refractivity contribution in [3.63, 3.8) is 0 Å². The molecule has 2 rings (SSSR count). The van der Waals surface area contributed by atoms with E-state index >= 15 is 0 Å². The first kappa shape index (κ1) is 13.8. The summed E-state index contributed by atoms with van der Waals surface area (Å²) in [7, 11) is 0. The van der Waals surface area contributed by atoms with Crippen LogP contribution in [0.1, 0.15) is 22.9 Å². The molecule has 2 N–H and O–H groups in total. The van der Waals surface area contributed by atoms with E-state index in [4.69, 9.17) is 5.11 Å². The molecule has 0 radical (unpaired) electrons. The van der Waals surface area contributed by atoms with Gasteiger partial charge in [0.05, 0.1) is 18.9 Å². The van der Waals surface area contributed by atoms with Crippen molar-refractivity contribution in [1.82, 2.24) is 5.32 Å². The first-order chi connectivity index (χ1) is 9.15. The predicted molar refractivity (Wildman–Crippen MR) is 75.5 cm³/mol. The molecule has 0 aliphatic carbocycles. The Morgan fingerprint density at radius 2 is 2.16 bits per heavy atom. The molecular formula is C13H13NO3S2. The van der Waals surface area contributed by atoms with Crippen LogP contribution in [-0.4, -0.2) is 17.0 Å². The van der Waals surface area contributed by atoms with Crippen LogP contribution in [0.2, 0.25) is 0 Å². The zero-order chi connectivity index (χ0) is 13.7. The number of carboxylic acids is 1. The van der Waals surface area contributed by atoms with Crippen molar-refractivity contribution in [1.29, 1.82) is 0 Å². The number of carbonyl (C=O) groups excluding carboxylic acids is 1. The maximum absolute atomic E-state index is 11.9. The summed E-state index contributed by atoms with van der Waals surface area (Å²) in [6.45, 7) is 0. The van der Waals surface area contributed by atoms with Gasteiger partial charge in [0, 0.05) is 4.88 Å². The summed E-state index contributed by atoms with van der Waals surface area (Å²) < 4.78 is 0. The molecule has 1 amide bonds. The van der Waals surface area contributed by atoms with Gasteiger partial charge in [0.25, 0.3) is 0 Å². The fraction of sp³-hybridized carbons (Fsp3) is 0.231. The lowest BCUT2D eigenvalue weighted by atomic mass is 10.1. The van der Waals surface area contributed by atoms with Gasteiger partial charge in [-0.2, -0.15) is 11.3 Å². The number of nitrogens with one attached hydrogen (secondary N) is 1. The van der Waals surface area contributed by atoms with E-state index in [1.54, 1.807) is 0 Å². The Bertz CT molecular complexity index is 534. The van der Waals surface area contributed by atoms with Crippen molar-refractivity contribution in [2.75, 3.05) is 0 Å². The van der Waals surface area contributed by atoms with Crippen molar-refractivity contribution < 1.29 is 14.7 Å². The van der Waals surface area contributed by atoms with Crippen molar-refractivity contribution in [2.24, 2.45) is 0 Å². The van der Waals surface area contributed by atoms with Crippen LogP contribution >= 0.6 is 22.7 Å². The van der Waals surface area contributed by atoms with E-state index in [9.17, 15) is 9.59 Å². The third kappa shape index (κ3) is 4.18. The predicted octanol–water partition coefficient (Wildman–Crippen LogP) is 2.68. The molecule has 2 heterocycles. The smallest absolute Gasteiger partial charge is 0.305 e. The van der Waals surface area contributed by atoms with Gasteiger partial charge in [0.2, 0.25) is 5.91 Å². The van der Waals surface area contributed by atoms with Crippen molar-refractivity contribution in [3.05, 3.63) is 44.8 Å². The average molecular weight is 295 g/mol. The fourth-order valence-corrected chi connectivity index (χ4v) is 3.16. The molecule has 1 atom stereocenters. The molecule has 100 valence electrons. The average Bonchev–Trinajstić information content (AvgIpc) is 2.99. The second-order valence-electron chi connectivity index (χ2n) is 4.04. The summed E-state index contributed by atoms with van der Waals surface area (Å²) in [4.78, 5) is 23.6. The second kappa shape index (κ2) is 6.49. The molecule has 2 aromatic heterocycles. The molecule has 1 unspecified atom stereocenters. The first-order valence-electron chi connectivity index (χ1n) is 5.71. The first-order valence-corrected chi connectivity index (χ1v) is 7.53. The molecule has 0 aliphatic rings. The van der Waals surface area contributed by atoms with Crippen LogP contribution in [0.15, 0.2) is 34.3 Å². The van der Waals surface area contributed by atoms with Crippen molar-refractivity contribution >= 4 is 34.6 Å². The molecule has 0 saturated heterocycles. The monoisotopic (exact) mass is 295 g/mol. The number of hydrogen-bond acceptors (Lipinski definition) is 4. The largest absolute Gasteiger partial charge is 0.481 e. The summed E-state index contributed by atoms with van der Waals surface area (Å²) in [5.41, 5.74) is 0.947. The number of aliphatic carboxylic acids is 1. The van der Waals surface area contributed by atoms with E-state index in [0.29, 0.717) is 0 Å². The number of thiophene rings is 2. The normalized spacial score (nSPS) is 12.0. The van der Waals surface area contributed by atoms with E-state index < -0.39 is 12.0 Å². The Labute approximate surface area is 118 Å². The van der Waals surface area contributed by atoms with Gasteiger partial charge in [-0.15, -0.1) is 11.3 Å². The maximum atomic E-state index is 11.9. The van der Waals surface area contributed by atoms with Gasteiger partial charge >= 0.3 is 5.97 Å². The number of amides is 1. The molecular weight excluding hydrogens is 282 g/mol. The SMILES string of the molecule is O=C(O)CC(NC(=O)Cc1ccsc1)c1cccs1. The Balaban J connectivity index is 1.99. The third-order valence-electron chi connectivity index (χ3n) is 2.55. The quantitative estimate of drug-likeness (QED) is 0.861. The van der Waals surface area contributed by atoms with Crippen molar-refractivity contribution in [2.45, 2.75) is 18.9 Å². The van der Waals surface area contributed by atoms with Gasteiger partial charge in [-0.25, -0.2) is 0 Å². The van der Waals surface area contributed by atoms with Gasteiger partial charge in [0.1, 0.15) is 0 Å². The minimum atomic E-state index is -0.922. The molecule has 0 aliphatic heterocycles. The Morgan fingerprint density at radius 3 is 2.74 bits per heavy atom. The number of carboxylic acid groups (broad SMARTS) is 1. The Morgan fingerprint density at radius 1 is 1.32 bits per heavy atom. The van der Waals surface area contributed by atoms with E-state index in [0.717, 1.165) is 10.4 Å².